The van der Waals surface area contributed by atoms with Gasteiger partial charge in [0.15, 0.2) is 0 Å². The number of aromatic nitrogens is 2. The maximum atomic E-state index is 13.1. The maximum Gasteiger partial charge on any atom is 0.264 e. The summed E-state index contributed by atoms with van der Waals surface area (Å²) in [5.41, 5.74) is 0.284. The van der Waals surface area contributed by atoms with Crippen LogP contribution in [0.1, 0.15) is 30.1 Å². The lowest BCUT2D eigenvalue weighted by Gasteiger charge is -2.29. The van der Waals surface area contributed by atoms with Crippen LogP contribution in [0.5, 0.6) is 0 Å². The van der Waals surface area contributed by atoms with Crippen LogP contribution < -0.4 is 10.0 Å². The molecule has 0 aliphatic carbocycles. The first-order valence-corrected chi connectivity index (χ1v) is 14.4. The molecular formula is C23H24ClN5O5S2. The third kappa shape index (κ3) is 5.84. The van der Waals surface area contributed by atoms with Crippen molar-refractivity contribution in [2.45, 2.75) is 29.6 Å². The molecule has 1 aliphatic rings. The second kappa shape index (κ2) is 10.5. The van der Waals surface area contributed by atoms with Crippen LogP contribution >= 0.6 is 11.6 Å². The Hall–Kier alpha value is -3.06. The number of carbonyl (C=O) groups excluding carboxylic acids is 1. The molecule has 190 valence electrons. The molecule has 1 aromatic heterocycles. The van der Waals surface area contributed by atoms with Gasteiger partial charge < -0.3 is 5.32 Å². The standard InChI is InChI=1S/C23H24ClN5O5S2/c1-16-9-13-29(14-10-16)36(33,34)19-7-8-21(24)20(15-19)22(30)27-17-3-5-18(6-4-17)35(31,32)28-23-25-11-2-12-26-23/h2-8,11-12,15-16H,9-10,13-14H2,1H3,(H,27,30)(H,25,26,28). The lowest BCUT2D eigenvalue weighted by atomic mass is 10.0. The fourth-order valence-electron chi connectivity index (χ4n) is 3.66. The van der Waals surface area contributed by atoms with Crippen molar-refractivity contribution in [2.24, 2.45) is 5.92 Å². The van der Waals surface area contributed by atoms with Gasteiger partial charge in [-0.3, -0.25) is 4.79 Å². The normalized spacial score (nSPS) is 15.4. The largest absolute Gasteiger partial charge is 0.322 e. The Balaban J connectivity index is 1.49. The molecule has 3 aromatic rings. The number of anilines is 2. The van der Waals surface area contributed by atoms with Crippen LogP contribution in [0.15, 0.2) is 70.7 Å². The summed E-state index contributed by atoms with van der Waals surface area (Å²) >= 11 is 6.21. The zero-order chi connectivity index (χ0) is 25.9. The molecule has 0 saturated carbocycles. The van der Waals surface area contributed by atoms with Gasteiger partial charge in [0.25, 0.3) is 15.9 Å². The van der Waals surface area contributed by atoms with Crippen molar-refractivity contribution >= 4 is 49.2 Å². The van der Waals surface area contributed by atoms with E-state index >= 15 is 0 Å². The summed E-state index contributed by atoms with van der Waals surface area (Å²) in [7, 11) is -7.70. The third-order valence-corrected chi connectivity index (χ3v) is 9.35. The minimum absolute atomic E-state index is 0.0114. The van der Waals surface area contributed by atoms with Gasteiger partial charge >= 0.3 is 0 Å². The van der Waals surface area contributed by atoms with Crippen LogP contribution in [0.3, 0.4) is 0 Å². The molecule has 36 heavy (non-hydrogen) atoms. The lowest BCUT2D eigenvalue weighted by molar-refractivity contribution is 0.102. The maximum absolute atomic E-state index is 13.1. The average molecular weight is 550 g/mol. The van der Waals surface area contributed by atoms with Crippen molar-refractivity contribution in [1.29, 1.82) is 0 Å². The Morgan fingerprint density at radius 1 is 0.972 bits per heavy atom. The van der Waals surface area contributed by atoms with Crippen molar-refractivity contribution in [3.63, 3.8) is 0 Å². The number of hydrogen-bond acceptors (Lipinski definition) is 7. The van der Waals surface area contributed by atoms with E-state index in [-0.39, 0.29) is 26.3 Å². The van der Waals surface area contributed by atoms with E-state index in [1.807, 2.05) is 0 Å². The van der Waals surface area contributed by atoms with Crippen LogP contribution in [-0.2, 0) is 20.0 Å². The summed E-state index contributed by atoms with van der Waals surface area (Å²) < 4.78 is 54.9. The highest BCUT2D eigenvalue weighted by Crippen LogP contribution is 2.27. The van der Waals surface area contributed by atoms with Crippen molar-refractivity contribution < 1.29 is 21.6 Å². The highest BCUT2D eigenvalue weighted by atomic mass is 35.5. The molecule has 13 heteroatoms. The topological polar surface area (TPSA) is 138 Å². The fraction of sp³-hybridized carbons (Fsp3) is 0.261. The summed E-state index contributed by atoms with van der Waals surface area (Å²) in [5, 5.41) is 2.71. The number of hydrogen-bond donors (Lipinski definition) is 2. The number of carbonyl (C=O) groups is 1. The number of nitrogens with zero attached hydrogens (tertiary/aromatic N) is 3. The van der Waals surface area contributed by atoms with E-state index in [1.165, 1.54) is 59.2 Å². The Morgan fingerprint density at radius 3 is 2.22 bits per heavy atom. The molecule has 2 N–H and O–H groups in total. The Morgan fingerprint density at radius 2 is 1.58 bits per heavy atom. The summed E-state index contributed by atoms with van der Waals surface area (Å²) in [6.45, 7) is 2.94. The van der Waals surface area contributed by atoms with Gasteiger partial charge in [0.2, 0.25) is 16.0 Å². The number of halogens is 1. The van der Waals surface area contributed by atoms with Gasteiger partial charge in [-0.15, -0.1) is 0 Å². The van der Waals surface area contributed by atoms with Gasteiger partial charge in [-0.2, -0.15) is 4.31 Å². The molecule has 0 spiro atoms. The zero-order valence-electron chi connectivity index (χ0n) is 19.3. The first-order chi connectivity index (χ1) is 17.1. The second-order valence-electron chi connectivity index (χ2n) is 8.38. The van der Waals surface area contributed by atoms with E-state index in [0.29, 0.717) is 24.7 Å². The minimum Gasteiger partial charge on any atom is -0.322 e. The van der Waals surface area contributed by atoms with Gasteiger partial charge in [0.05, 0.1) is 20.4 Å². The van der Waals surface area contributed by atoms with Gasteiger partial charge in [0.1, 0.15) is 0 Å². The molecular weight excluding hydrogens is 526 g/mol. The van der Waals surface area contributed by atoms with Gasteiger partial charge in [-0.05, 0) is 67.3 Å². The van der Waals surface area contributed by atoms with Gasteiger partial charge in [-0.1, -0.05) is 18.5 Å². The van der Waals surface area contributed by atoms with E-state index < -0.39 is 26.0 Å². The Labute approximate surface area is 214 Å². The van der Waals surface area contributed by atoms with Gasteiger partial charge in [0, 0.05) is 31.2 Å². The molecule has 1 aliphatic heterocycles. The number of amides is 1. The van der Waals surface area contributed by atoms with Crippen molar-refractivity contribution in [2.75, 3.05) is 23.1 Å². The molecule has 0 unspecified atom stereocenters. The second-order valence-corrected chi connectivity index (χ2v) is 12.4. The molecule has 0 radical (unpaired) electrons. The molecule has 2 aromatic carbocycles. The van der Waals surface area contributed by atoms with Crippen LogP contribution in [0.4, 0.5) is 11.6 Å². The SMILES string of the molecule is CC1CCN(S(=O)(=O)c2ccc(Cl)c(C(=O)Nc3ccc(S(=O)(=O)Nc4ncccn4)cc3)c2)CC1. The quantitative estimate of drug-likeness (QED) is 0.459. The smallest absolute Gasteiger partial charge is 0.264 e. The molecule has 1 saturated heterocycles. The minimum atomic E-state index is -3.93. The fourth-order valence-corrected chi connectivity index (χ4v) is 6.32. The molecule has 1 amide bonds. The van der Waals surface area contributed by atoms with Crippen LogP contribution in [0, 0.1) is 5.92 Å². The molecule has 0 atom stereocenters. The number of sulfonamides is 2. The highest BCUT2D eigenvalue weighted by molar-refractivity contribution is 7.92. The van der Waals surface area contributed by atoms with E-state index in [1.54, 1.807) is 6.07 Å². The molecule has 10 nitrogen and oxygen atoms in total. The Bertz CT molecular complexity index is 1460. The van der Waals surface area contributed by atoms with E-state index in [0.717, 1.165) is 12.8 Å². The van der Waals surface area contributed by atoms with Crippen molar-refractivity contribution in [3.05, 3.63) is 71.5 Å². The van der Waals surface area contributed by atoms with Gasteiger partial charge in [-0.25, -0.2) is 31.5 Å². The first kappa shape index (κ1) is 26.0. The average Bonchev–Trinajstić information content (AvgIpc) is 2.85. The van der Waals surface area contributed by atoms with Crippen LogP contribution in [-0.4, -0.2) is 50.1 Å². The van der Waals surface area contributed by atoms with Crippen LogP contribution in [0.2, 0.25) is 5.02 Å². The Kier molecular flexibility index (Phi) is 7.59. The predicted molar refractivity (Wildman–Crippen MR) is 136 cm³/mol. The third-order valence-electron chi connectivity index (χ3n) is 5.78. The molecule has 0 bridgehead atoms. The molecule has 2 heterocycles. The monoisotopic (exact) mass is 549 g/mol. The van der Waals surface area contributed by atoms with Crippen molar-refractivity contribution in [3.8, 4) is 0 Å². The van der Waals surface area contributed by atoms with E-state index in [4.69, 9.17) is 11.6 Å². The highest BCUT2D eigenvalue weighted by Gasteiger charge is 2.29. The summed E-state index contributed by atoms with van der Waals surface area (Å²) in [4.78, 5) is 20.5. The number of piperidine rings is 1. The predicted octanol–water partition coefficient (Wildman–Crippen LogP) is 3.60. The summed E-state index contributed by atoms with van der Waals surface area (Å²) in [5.74, 6) is -0.235. The van der Waals surface area contributed by atoms with E-state index in [2.05, 4.69) is 26.9 Å². The first-order valence-electron chi connectivity index (χ1n) is 11.1. The number of rotatable bonds is 7. The lowest BCUT2D eigenvalue weighted by Crippen LogP contribution is -2.37. The van der Waals surface area contributed by atoms with Crippen molar-refractivity contribution in [1.82, 2.24) is 14.3 Å². The molecule has 1 fully saturated rings. The van der Waals surface area contributed by atoms with E-state index in [9.17, 15) is 21.6 Å². The zero-order valence-corrected chi connectivity index (χ0v) is 21.6. The molecule has 4 rings (SSSR count). The summed E-state index contributed by atoms with van der Waals surface area (Å²) in [6.07, 6.45) is 4.36. The number of benzene rings is 2. The summed E-state index contributed by atoms with van der Waals surface area (Å²) in [6, 6.07) is 11.0. The van der Waals surface area contributed by atoms with Crippen LogP contribution in [0.25, 0.3) is 0 Å². The number of nitrogens with one attached hydrogen (secondary N) is 2.